The topological polar surface area (TPSA) is 71.3 Å². The van der Waals surface area contributed by atoms with Gasteiger partial charge < -0.3 is 14.8 Å². The molecule has 1 atom stereocenters. The maximum atomic E-state index is 12.4. The molecule has 0 aliphatic carbocycles. The molecule has 2 aromatic rings. The maximum absolute atomic E-state index is 12.4. The first-order chi connectivity index (χ1) is 12.4. The normalized spacial score (nSPS) is 11.5. The van der Waals surface area contributed by atoms with Gasteiger partial charge in [0.2, 0.25) is 0 Å². The van der Waals surface area contributed by atoms with Crippen molar-refractivity contribution in [3.63, 3.8) is 0 Å². The Hall–Kier alpha value is -3.00. The second-order valence-corrected chi connectivity index (χ2v) is 6.40. The zero-order valence-electron chi connectivity index (χ0n) is 15.6. The van der Waals surface area contributed by atoms with Crippen LogP contribution in [0.2, 0.25) is 0 Å². The number of anilines is 1. The molecule has 136 valence electrons. The van der Waals surface area contributed by atoms with Gasteiger partial charge in [-0.15, -0.1) is 0 Å². The molecule has 26 heavy (non-hydrogen) atoms. The molecule has 1 N–H and O–H groups in total. The number of benzene rings is 2. The van der Waals surface area contributed by atoms with Crippen molar-refractivity contribution in [1.82, 2.24) is 0 Å². The van der Waals surface area contributed by atoms with Gasteiger partial charge >= 0.3 is 0 Å². The summed E-state index contributed by atoms with van der Waals surface area (Å²) in [6.45, 7) is 7.87. The zero-order chi connectivity index (χ0) is 19.1. The van der Waals surface area contributed by atoms with Crippen LogP contribution in [0.4, 0.5) is 5.69 Å². The van der Waals surface area contributed by atoms with Crippen LogP contribution >= 0.6 is 0 Å². The molecule has 0 aromatic heterocycles. The van der Waals surface area contributed by atoms with Gasteiger partial charge in [-0.2, -0.15) is 5.26 Å². The van der Waals surface area contributed by atoms with Gasteiger partial charge in [0, 0.05) is 11.8 Å². The lowest BCUT2D eigenvalue weighted by Gasteiger charge is -2.18. The average molecular weight is 352 g/mol. The second kappa shape index (κ2) is 8.91. The molecule has 5 nitrogen and oxygen atoms in total. The fraction of sp³-hybridized carbons (Fsp3) is 0.333. The monoisotopic (exact) mass is 352 g/mol. The number of ether oxygens (including phenoxy) is 2. The van der Waals surface area contributed by atoms with E-state index in [4.69, 9.17) is 14.7 Å². The molecular weight excluding hydrogens is 328 g/mol. The number of hydrogen-bond donors (Lipinski definition) is 1. The molecule has 0 heterocycles. The van der Waals surface area contributed by atoms with E-state index in [1.165, 1.54) is 5.56 Å². The lowest BCUT2D eigenvalue weighted by molar-refractivity contribution is -0.122. The smallest absolute Gasteiger partial charge is 0.265 e. The maximum Gasteiger partial charge on any atom is 0.265 e. The predicted molar refractivity (Wildman–Crippen MR) is 102 cm³/mol. The fourth-order valence-electron chi connectivity index (χ4n) is 2.37. The summed E-state index contributed by atoms with van der Waals surface area (Å²) in [6, 6.07) is 14.9. The number of rotatable bonds is 7. The standard InChI is InChI=1S/C21H24N2O3/c1-14(2)17-9-8-15(3)20(12-17)26-16(4)21(24)23-18-6-5-7-19(13-18)25-11-10-22/h5-9,12-14,16H,11H2,1-4H3,(H,23,24). The van der Waals surface area contributed by atoms with Crippen molar-refractivity contribution in [3.8, 4) is 17.6 Å². The largest absolute Gasteiger partial charge is 0.481 e. The van der Waals surface area contributed by atoms with Crippen molar-refractivity contribution < 1.29 is 14.3 Å². The van der Waals surface area contributed by atoms with Crippen molar-refractivity contribution in [2.24, 2.45) is 0 Å². The first-order valence-electron chi connectivity index (χ1n) is 8.58. The Morgan fingerprint density at radius 2 is 1.96 bits per heavy atom. The Bertz CT molecular complexity index is 809. The predicted octanol–water partition coefficient (Wildman–Crippen LogP) is 4.43. The Morgan fingerprint density at radius 1 is 1.19 bits per heavy atom. The number of amides is 1. The highest BCUT2D eigenvalue weighted by Gasteiger charge is 2.17. The number of carbonyl (C=O) groups is 1. The summed E-state index contributed by atoms with van der Waals surface area (Å²) in [6.07, 6.45) is -0.653. The van der Waals surface area contributed by atoms with Gasteiger partial charge in [0.05, 0.1) is 0 Å². The molecule has 5 heteroatoms. The highest BCUT2D eigenvalue weighted by atomic mass is 16.5. The number of aryl methyl sites for hydroxylation is 1. The molecule has 0 radical (unpaired) electrons. The molecule has 2 rings (SSSR count). The van der Waals surface area contributed by atoms with Crippen molar-refractivity contribution in [3.05, 3.63) is 53.6 Å². The molecule has 0 spiro atoms. The van der Waals surface area contributed by atoms with Crippen LogP contribution in [0.1, 0.15) is 37.8 Å². The van der Waals surface area contributed by atoms with Crippen LogP contribution < -0.4 is 14.8 Å². The van der Waals surface area contributed by atoms with E-state index in [9.17, 15) is 4.79 Å². The van der Waals surface area contributed by atoms with Gasteiger partial charge in [-0.3, -0.25) is 4.79 Å². The molecular formula is C21H24N2O3. The van der Waals surface area contributed by atoms with Gasteiger partial charge in [0.1, 0.15) is 17.6 Å². The van der Waals surface area contributed by atoms with Gasteiger partial charge in [-0.1, -0.05) is 32.0 Å². The molecule has 0 fully saturated rings. The van der Waals surface area contributed by atoms with E-state index < -0.39 is 6.10 Å². The molecule has 0 saturated heterocycles. The van der Waals surface area contributed by atoms with E-state index in [0.717, 1.165) is 5.56 Å². The zero-order valence-corrected chi connectivity index (χ0v) is 15.6. The average Bonchev–Trinajstić information content (AvgIpc) is 2.61. The third kappa shape index (κ3) is 5.25. The number of nitrogens with one attached hydrogen (secondary N) is 1. The SMILES string of the molecule is Cc1ccc(C(C)C)cc1OC(C)C(=O)Nc1cccc(OCC#N)c1. The van der Waals surface area contributed by atoms with E-state index in [0.29, 0.717) is 23.1 Å². The summed E-state index contributed by atoms with van der Waals surface area (Å²) in [7, 11) is 0. The Morgan fingerprint density at radius 3 is 2.65 bits per heavy atom. The quantitative estimate of drug-likeness (QED) is 0.800. The molecule has 0 aliphatic heterocycles. The minimum absolute atomic E-state index is 0.0393. The molecule has 1 amide bonds. The van der Waals surface area contributed by atoms with Crippen molar-refractivity contribution in [2.45, 2.75) is 39.7 Å². The summed E-state index contributed by atoms with van der Waals surface area (Å²) in [4.78, 5) is 12.4. The number of nitriles is 1. The molecule has 2 aromatic carbocycles. The first-order valence-corrected chi connectivity index (χ1v) is 8.58. The highest BCUT2D eigenvalue weighted by molar-refractivity contribution is 5.94. The Balaban J connectivity index is 2.04. The van der Waals surface area contributed by atoms with Gasteiger partial charge in [-0.05, 0) is 49.1 Å². The lowest BCUT2D eigenvalue weighted by atomic mass is 10.0. The van der Waals surface area contributed by atoms with Gasteiger partial charge in [0.25, 0.3) is 5.91 Å². The van der Waals surface area contributed by atoms with Crippen LogP contribution in [0.3, 0.4) is 0 Å². The van der Waals surface area contributed by atoms with Crippen LogP contribution in [-0.2, 0) is 4.79 Å². The van der Waals surface area contributed by atoms with Crippen molar-refractivity contribution >= 4 is 11.6 Å². The van der Waals surface area contributed by atoms with Crippen molar-refractivity contribution in [2.75, 3.05) is 11.9 Å². The first kappa shape index (κ1) is 19.3. The third-order valence-corrected chi connectivity index (χ3v) is 3.96. The number of nitrogens with zero attached hydrogens (tertiary/aromatic N) is 1. The lowest BCUT2D eigenvalue weighted by Crippen LogP contribution is -2.30. The van der Waals surface area contributed by atoms with Crippen LogP contribution in [0, 0.1) is 18.3 Å². The Kier molecular flexibility index (Phi) is 6.62. The van der Waals surface area contributed by atoms with E-state index in [1.807, 2.05) is 25.1 Å². The van der Waals surface area contributed by atoms with Crippen LogP contribution in [-0.4, -0.2) is 18.6 Å². The van der Waals surface area contributed by atoms with E-state index in [2.05, 4.69) is 25.2 Å². The summed E-state index contributed by atoms with van der Waals surface area (Å²) in [5, 5.41) is 11.4. The molecule has 0 bridgehead atoms. The summed E-state index contributed by atoms with van der Waals surface area (Å²) in [5.41, 5.74) is 2.75. The summed E-state index contributed by atoms with van der Waals surface area (Å²) >= 11 is 0. The summed E-state index contributed by atoms with van der Waals surface area (Å²) in [5.74, 6) is 1.37. The minimum Gasteiger partial charge on any atom is -0.481 e. The molecule has 0 saturated carbocycles. The summed E-state index contributed by atoms with van der Waals surface area (Å²) < 4.78 is 11.1. The van der Waals surface area contributed by atoms with Crippen LogP contribution in [0.15, 0.2) is 42.5 Å². The van der Waals surface area contributed by atoms with E-state index in [-0.39, 0.29) is 12.5 Å². The fourth-order valence-corrected chi connectivity index (χ4v) is 2.37. The Labute approximate surface area is 154 Å². The number of carbonyl (C=O) groups excluding carboxylic acids is 1. The molecule has 0 aliphatic rings. The van der Waals surface area contributed by atoms with E-state index in [1.54, 1.807) is 31.2 Å². The number of hydrogen-bond acceptors (Lipinski definition) is 4. The second-order valence-electron chi connectivity index (χ2n) is 6.40. The van der Waals surface area contributed by atoms with Gasteiger partial charge in [0.15, 0.2) is 12.7 Å². The van der Waals surface area contributed by atoms with Crippen LogP contribution in [0.25, 0.3) is 0 Å². The minimum atomic E-state index is -0.653. The van der Waals surface area contributed by atoms with Crippen LogP contribution in [0.5, 0.6) is 11.5 Å². The highest BCUT2D eigenvalue weighted by Crippen LogP contribution is 2.25. The van der Waals surface area contributed by atoms with Gasteiger partial charge in [-0.25, -0.2) is 0 Å². The third-order valence-electron chi connectivity index (χ3n) is 3.96. The van der Waals surface area contributed by atoms with E-state index >= 15 is 0 Å². The molecule has 1 unspecified atom stereocenters. The van der Waals surface area contributed by atoms with Crippen molar-refractivity contribution in [1.29, 1.82) is 5.26 Å².